The largest absolute Gasteiger partial charge is 0.469 e. The van der Waals surface area contributed by atoms with Crippen molar-refractivity contribution in [3.63, 3.8) is 0 Å². The van der Waals surface area contributed by atoms with Gasteiger partial charge in [-0.1, -0.05) is 328 Å². The number of aliphatic hydroxyl groups is 1. The predicted octanol–water partition coefficient (Wildman–Crippen LogP) is 19.3. The monoisotopic (exact) mass is 956 g/mol. The van der Waals surface area contributed by atoms with Crippen LogP contribution in [0.15, 0.2) is 0 Å². The highest BCUT2D eigenvalue weighted by atomic mass is 31.2. The average molecular weight is 957 g/mol. The zero-order valence-corrected chi connectivity index (χ0v) is 45.5. The molecule has 0 aliphatic heterocycles. The van der Waals surface area contributed by atoms with Crippen molar-refractivity contribution >= 4 is 13.7 Å². The van der Waals surface area contributed by atoms with Crippen LogP contribution in [0.1, 0.15) is 348 Å². The fourth-order valence-electron chi connectivity index (χ4n) is 9.82. The number of carbonyl (C=O) groups is 1. The molecule has 0 bridgehead atoms. The predicted molar refractivity (Wildman–Crippen MR) is 287 cm³/mol. The fraction of sp³-hybridized carbons (Fsp3) is 0.983. The van der Waals surface area contributed by atoms with Crippen LogP contribution in [0.2, 0.25) is 0 Å². The second kappa shape index (κ2) is 53.9. The molecule has 0 aromatic carbocycles. The Labute approximate surface area is 412 Å². The van der Waals surface area contributed by atoms with Crippen molar-refractivity contribution < 1.29 is 28.8 Å². The van der Waals surface area contributed by atoms with Crippen LogP contribution in [0.5, 0.6) is 0 Å². The summed E-state index contributed by atoms with van der Waals surface area (Å²) >= 11 is 0. The van der Waals surface area contributed by atoms with Gasteiger partial charge < -0.3 is 20.2 Å². The summed E-state index contributed by atoms with van der Waals surface area (Å²) in [5.74, 6) is -0.185. The first kappa shape index (κ1) is 65.5. The van der Waals surface area contributed by atoms with Crippen molar-refractivity contribution in [1.82, 2.24) is 5.32 Å². The molecule has 7 nitrogen and oxygen atoms in total. The summed E-state index contributed by atoms with van der Waals surface area (Å²) in [6.45, 7) is 4.17. The fourth-order valence-corrected chi connectivity index (χ4v) is 10.2. The number of nitrogens with one attached hydrogen (secondary N) is 1. The van der Waals surface area contributed by atoms with Crippen molar-refractivity contribution in [1.29, 1.82) is 0 Å². The molecule has 0 saturated carbocycles. The molecule has 0 heterocycles. The van der Waals surface area contributed by atoms with E-state index in [0.29, 0.717) is 12.8 Å². The molecular weight excluding hydrogens is 838 g/mol. The molecule has 0 aromatic rings. The highest BCUT2D eigenvalue weighted by molar-refractivity contribution is 7.46. The number of phosphoric acid groups is 1. The van der Waals surface area contributed by atoms with Crippen molar-refractivity contribution in [3.8, 4) is 0 Å². The average Bonchev–Trinajstić information content (AvgIpc) is 3.30. The molecular formula is C58H118NO6P. The van der Waals surface area contributed by atoms with Crippen molar-refractivity contribution in [2.24, 2.45) is 0 Å². The molecule has 8 heteroatoms. The maximum atomic E-state index is 12.7. The summed E-state index contributed by atoms with van der Waals surface area (Å²) in [6.07, 6.45) is 67.4. The lowest BCUT2D eigenvalue weighted by Crippen LogP contribution is -2.46. The topological polar surface area (TPSA) is 116 Å². The summed E-state index contributed by atoms with van der Waals surface area (Å²) in [7, 11) is -4.69. The Bertz CT molecular complexity index is 993. The molecule has 2 atom stereocenters. The van der Waals surface area contributed by atoms with E-state index in [9.17, 15) is 24.3 Å². The third-order valence-electron chi connectivity index (χ3n) is 14.3. The third kappa shape index (κ3) is 54.5. The van der Waals surface area contributed by atoms with Crippen LogP contribution in [0.3, 0.4) is 0 Å². The zero-order valence-electron chi connectivity index (χ0n) is 44.6. The maximum absolute atomic E-state index is 12.7. The molecule has 4 N–H and O–H groups in total. The third-order valence-corrected chi connectivity index (χ3v) is 14.8. The number of aliphatic hydroxyl groups excluding tert-OH is 1. The Morgan fingerprint density at radius 2 is 0.591 bits per heavy atom. The Morgan fingerprint density at radius 1 is 0.379 bits per heavy atom. The molecule has 0 aromatic heterocycles. The first-order valence-electron chi connectivity index (χ1n) is 30.0. The summed E-state index contributed by atoms with van der Waals surface area (Å²) in [5.41, 5.74) is 0. The lowest BCUT2D eigenvalue weighted by Gasteiger charge is -2.24. The Morgan fingerprint density at radius 3 is 0.818 bits per heavy atom. The highest BCUT2D eigenvalue weighted by Crippen LogP contribution is 2.36. The zero-order chi connectivity index (χ0) is 48.1. The summed E-state index contributed by atoms with van der Waals surface area (Å²) in [6, 6.07) is -0.819. The normalized spacial score (nSPS) is 12.9. The van der Waals surface area contributed by atoms with Gasteiger partial charge in [0.15, 0.2) is 0 Å². The maximum Gasteiger partial charge on any atom is 0.469 e. The molecule has 0 fully saturated rings. The van der Waals surface area contributed by atoms with Crippen molar-refractivity contribution in [2.75, 3.05) is 6.61 Å². The van der Waals surface area contributed by atoms with Gasteiger partial charge in [-0.2, -0.15) is 0 Å². The number of phosphoric ester groups is 1. The van der Waals surface area contributed by atoms with E-state index in [4.69, 9.17) is 4.52 Å². The summed E-state index contributed by atoms with van der Waals surface area (Å²) < 4.78 is 16.1. The molecule has 66 heavy (non-hydrogen) atoms. The smallest absolute Gasteiger partial charge is 0.391 e. The Balaban J connectivity index is 3.56. The van der Waals surface area contributed by atoms with Gasteiger partial charge in [0.05, 0.1) is 18.8 Å². The van der Waals surface area contributed by atoms with Crippen molar-refractivity contribution in [3.05, 3.63) is 0 Å². The van der Waals surface area contributed by atoms with E-state index in [2.05, 4.69) is 19.2 Å². The van der Waals surface area contributed by atoms with Crippen LogP contribution < -0.4 is 5.32 Å². The SMILES string of the molecule is CCCCCCCCCCCCCCCCCCCCCCCCCCCCCCCCCCCCCCC(=O)N[C@@H](COP(=O)(O)O)[C@H](O)CCCCCCCCCCCCCCCC. The van der Waals surface area contributed by atoms with Gasteiger partial charge in [-0.25, -0.2) is 4.57 Å². The van der Waals surface area contributed by atoms with E-state index in [1.165, 1.54) is 283 Å². The van der Waals surface area contributed by atoms with Crippen LogP contribution >= 0.6 is 7.82 Å². The van der Waals surface area contributed by atoms with Crippen LogP contribution in [0, 0.1) is 0 Å². The number of hydrogen-bond donors (Lipinski definition) is 4. The number of amides is 1. The first-order valence-corrected chi connectivity index (χ1v) is 31.5. The van der Waals surface area contributed by atoms with Gasteiger partial charge in [-0.05, 0) is 12.8 Å². The quantitative estimate of drug-likeness (QED) is 0.0356. The number of carbonyl (C=O) groups excluding carboxylic acids is 1. The van der Waals surface area contributed by atoms with E-state index in [0.717, 1.165) is 38.5 Å². The van der Waals surface area contributed by atoms with Crippen molar-refractivity contribution in [2.45, 2.75) is 360 Å². The van der Waals surface area contributed by atoms with Gasteiger partial charge >= 0.3 is 7.82 Å². The highest BCUT2D eigenvalue weighted by Gasteiger charge is 2.25. The molecule has 0 aliphatic rings. The molecule has 0 aliphatic carbocycles. The minimum absolute atomic E-state index is 0.185. The van der Waals surface area contributed by atoms with Crippen LogP contribution in [0.4, 0.5) is 0 Å². The Kier molecular flexibility index (Phi) is 53.5. The molecule has 1 amide bonds. The lowest BCUT2D eigenvalue weighted by atomic mass is 10.0. The second-order valence-electron chi connectivity index (χ2n) is 21.0. The van der Waals surface area contributed by atoms with E-state index in [1.54, 1.807) is 0 Å². The van der Waals surface area contributed by atoms with Gasteiger partial charge in [0.2, 0.25) is 5.91 Å². The van der Waals surface area contributed by atoms with Gasteiger partial charge in [-0.3, -0.25) is 9.32 Å². The van der Waals surface area contributed by atoms with Crippen LogP contribution in [-0.4, -0.2) is 39.6 Å². The molecule has 0 saturated heterocycles. The number of hydrogen-bond acceptors (Lipinski definition) is 4. The van der Waals surface area contributed by atoms with Gasteiger partial charge in [0.25, 0.3) is 0 Å². The van der Waals surface area contributed by atoms with Gasteiger partial charge in [-0.15, -0.1) is 0 Å². The van der Waals surface area contributed by atoms with E-state index in [1.807, 2.05) is 0 Å². The molecule has 0 rings (SSSR count). The summed E-state index contributed by atoms with van der Waals surface area (Å²) in [5, 5.41) is 13.6. The second-order valence-corrected chi connectivity index (χ2v) is 22.3. The van der Waals surface area contributed by atoms with Gasteiger partial charge in [0.1, 0.15) is 0 Å². The first-order chi connectivity index (χ1) is 32.3. The minimum atomic E-state index is -4.69. The van der Waals surface area contributed by atoms with E-state index < -0.39 is 26.6 Å². The molecule has 0 unspecified atom stereocenters. The minimum Gasteiger partial charge on any atom is -0.391 e. The van der Waals surface area contributed by atoms with Crippen LogP contribution in [0.25, 0.3) is 0 Å². The summed E-state index contributed by atoms with van der Waals surface area (Å²) in [4.78, 5) is 31.1. The Hall–Kier alpha value is -0.460. The van der Waals surface area contributed by atoms with E-state index in [-0.39, 0.29) is 5.91 Å². The number of unbranched alkanes of at least 4 members (excludes halogenated alkanes) is 48. The van der Waals surface area contributed by atoms with Gasteiger partial charge in [0, 0.05) is 6.42 Å². The molecule has 396 valence electrons. The molecule has 0 radical (unpaired) electrons. The lowest BCUT2D eigenvalue weighted by molar-refractivity contribution is -0.123. The van der Waals surface area contributed by atoms with Crippen LogP contribution in [-0.2, 0) is 13.9 Å². The van der Waals surface area contributed by atoms with E-state index >= 15 is 0 Å². The molecule has 0 spiro atoms. The number of rotatable bonds is 57. The standard InChI is InChI=1S/C58H118NO6P/c1-3-5-7-9-11-13-15-17-19-20-21-22-23-24-25-26-27-28-29-30-31-32-33-34-35-36-37-38-39-40-42-44-46-48-50-52-54-58(61)59-56(55-65-66(62,63)64)57(60)53-51-49-47-45-43-41-18-16-14-12-10-8-6-4-2/h56-57,60H,3-55H2,1-2H3,(H,59,61)(H2,62,63,64)/t56-,57+/m0/s1.